The van der Waals surface area contributed by atoms with Crippen LogP contribution in [-0.2, 0) is 0 Å². The van der Waals surface area contributed by atoms with Gasteiger partial charge in [-0.25, -0.2) is 9.78 Å². The SMILES string of the molecule is Cc1nsc(NC(=O)NC2CCCC2)n1. The third-order valence-electron chi connectivity index (χ3n) is 2.44. The zero-order chi connectivity index (χ0) is 10.7. The van der Waals surface area contributed by atoms with Crippen LogP contribution >= 0.6 is 11.5 Å². The summed E-state index contributed by atoms with van der Waals surface area (Å²) in [5, 5.41) is 6.17. The number of hydrogen-bond donors (Lipinski definition) is 2. The Morgan fingerprint density at radius 1 is 1.47 bits per heavy atom. The molecule has 6 heteroatoms. The second-order valence-electron chi connectivity index (χ2n) is 3.73. The molecule has 2 amide bonds. The molecule has 1 heterocycles. The Hall–Kier alpha value is -1.17. The highest BCUT2D eigenvalue weighted by Crippen LogP contribution is 2.18. The van der Waals surface area contributed by atoms with E-state index in [1.165, 1.54) is 24.4 Å². The smallest absolute Gasteiger partial charge is 0.321 e. The summed E-state index contributed by atoms with van der Waals surface area (Å²) in [6.45, 7) is 1.80. The Kier molecular flexibility index (Phi) is 3.15. The van der Waals surface area contributed by atoms with E-state index in [1.54, 1.807) is 6.92 Å². The van der Waals surface area contributed by atoms with Crippen LogP contribution in [0.25, 0.3) is 0 Å². The van der Waals surface area contributed by atoms with Crippen molar-refractivity contribution in [3.63, 3.8) is 0 Å². The molecule has 0 bridgehead atoms. The Balaban J connectivity index is 1.81. The van der Waals surface area contributed by atoms with Gasteiger partial charge in [-0.1, -0.05) is 12.8 Å². The van der Waals surface area contributed by atoms with Crippen molar-refractivity contribution in [3.8, 4) is 0 Å². The first-order chi connectivity index (χ1) is 7.24. The van der Waals surface area contributed by atoms with Crippen LogP contribution in [0.5, 0.6) is 0 Å². The molecule has 0 radical (unpaired) electrons. The molecule has 1 aromatic heterocycles. The predicted molar refractivity (Wildman–Crippen MR) is 59.1 cm³/mol. The first-order valence-corrected chi connectivity index (χ1v) is 5.89. The maximum Gasteiger partial charge on any atom is 0.321 e. The number of aromatic nitrogens is 2. The standard InChI is InChI=1S/C9H14N4OS/c1-6-10-9(15-13-6)12-8(14)11-7-4-2-3-5-7/h7H,2-5H2,1H3,(H2,10,11,12,13,14). The molecule has 1 fully saturated rings. The van der Waals surface area contributed by atoms with E-state index in [-0.39, 0.29) is 6.03 Å². The fourth-order valence-electron chi connectivity index (χ4n) is 1.74. The summed E-state index contributed by atoms with van der Waals surface area (Å²) in [5.41, 5.74) is 0. The van der Waals surface area contributed by atoms with Gasteiger partial charge >= 0.3 is 6.03 Å². The first kappa shape index (κ1) is 10.4. The van der Waals surface area contributed by atoms with Gasteiger partial charge in [0.2, 0.25) is 5.13 Å². The molecular weight excluding hydrogens is 212 g/mol. The lowest BCUT2D eigenvalue weighted by molar-refractivity contribution is 0.248. The van der Waals surface area contributed by atoms with E-state index >= 15 is 0 Å². The van der Waals surface area contributed by atoms with Gasteiger partial charge in [0.05, 0.1) is 0 Å². The lowest BCUT2D eigenvalue weighted by atomic mass is 10.3. The summed E-state index contributed by atoms with van der Waals surface area (Å²) in [4.78, 5) is 15.6. The lowest BCUT2D eigenvalue weighted by Crippen LogP contribution is -2.36. The largest absolute Gasteiger partial charge is 0.335 e. The number of amides is 2. The molecule has 82 valence electrons. The van der Waals surface area contributed by atoms with Gasteiger partial charge in [-0.3, -0.25) is 5.32 Å². The van der Waals surface area contributed by atoms with E-state index in [1.807, 2.05) is 0 Å². The molecular formula is C9H14N4OS. The van der Waals surface area contributed by atoms with E-state index in [0.717, 1.165) is 12.8 Å². The van der Waals surface area contributed by atoms with Crippen LogP contribution < -0.4 is 10.6 Å². The third kappa shape index (κ3) is 2.89. The summed E-state index contributed by atoms with van der Waals surface area (Å²) in [7, 11) is 0. The monoisotopic (exact) mass is 226 g/mol. The summed E-state index contributed by atoms with van der Waals surface area (Å²) in [5.74, 6) is 0.691. The van der Waals surface area contributed by atoms with Gasteiger partial charge < -0.3 is 5.32 Å². The molecule has 0 unspecified atom stereocenters. The minimum Gasteiger partial charge on any atom is -0.335 e. The fourth-order valence-corrected chi connectivity index (χ4v) is 2.31. The fraction of sp³-hybridized carbons (Fsp3) is 0.667. The van der Waals surface area contributed by atoms with Crippen LogP contribution in [0, 0.1) is 6.92 Å². The van der Waals surface area contributed by atoms with Crippen molar-refractivity contribution in [2.75, 3.05) is 5.32 Å². The summed E-state index contributed by atoms with van der Waals surface area (Å²) in [6, 6.07) is 0.164. The number of rotatable bonds is 2. The van der Waals surface area contributed by atoms with Gasteiger partial charge in [-0.05, 0) is 19.8 Å². The van der Waals surface area contributed by atoms with Crippen molar-refractivity contribution >= 4 is 22.7 Å². The number of carbonyl (C=O) groups excluding carboxylic acids is 1. The Morgan fingerprint density at radius 2 is 2.20 bits per heavy atom. The van der Waals surface area contributed by atoms with Crippen LogP contribution in [0.2, 0.25) is 0 Å². The molecule has 2 rings (SSSR count). The zero-order valence-corrected chi connectivity index (χ0v) is 9.43. The summed E-state index contributed by atoms with van der Waals surface area (Å²) < 4.78 is 3.99. The van der Waals surface area contributed by atoms with E-state index in [0.29, 0.717) is 17.0 Å². The van der Waals surface area contributed by atoms with Crippen LogP contribution in [0.15, 0.2) is 0 Å². The normalized spacial score (nSPS) is 16.6. The average Bonchev–Trinajstić information content (AvgIpc) is 2.77. The highest BCUT2D eigenvalue weighted by Gasteiger charge is 2.17. The van der Waals surface area contributed by atoms with Crippen molar-refractivity contribution in [2.45, 2.75) is 38.6 Å². The van der Waals surface area contributed by atoms with Crippen molar-refractivity contribution < 1.29 is 4.79 Å². The highest BCUT2D eigenvalue weighted by molar-refractivity contribution is 7.09. The number of anilines is 1. The molecule has 1 saturated carbocycles. The van der Waals surface area contributed by atoms with Crippen LogP contribution in [0.3, 0.4) is 0 Å². The van der Waals surface area contributed by atoms with Gasteiger partial charge in [0.25, 0.3) is 0 Å². The zero-order valence-electron chi connectivity index (χ0n) is 8.62. The molecule has 0 spiro atoms. The van der Waals surface area contributed by atoms with Gasteiger partial charge in [0, 0.05) is 17.6 Å². The molecule has 15 heavy (non-hydrogen) atoms. The Bertz CT molecular complexity index is 346. The predicted octanol–water partition coefficient (Wildman–Crippen LogP) is 1.91. The number of aryl methyl sites for hydroxylation is 1. The van der Waals surface area contributed by atoms with E-state index in [9.17, 15) is 4.79 Å². The van der Waals surface area contributed by atoms with E-state index < -0.39 is 0 Å². The number of nitrogens with one attached hydrogen (secondary N) is 2. The average molecular weight is 226 g/mol. The van der Waals surface area contributed by atoms with Crippen molar-refractivity contribution in [3.05, 3.63) is 5.82 Å². The van der Waals surface area contributed by atoms with Crippen molar-refractivity contribution in [2.24, 2.45) is 0 Å². The van der Waals surface area contributed by atoms with E-state index in [2.05, 4.69) is 20.0 Å². The summed E-state index contributed by atoms with van der Waals surface area (Å²) in [6.07, 6.45) is 4.59. The molecule has 1 aliphatic carbocycles. The van der Waals surface area contributed by atoms with Crippen molar-refractivity contribution in [1.29, 1.82) is 0 Å². The van der Waals surface area contributed by atoms with Gasteiger partial charge in [-0.2, -0.15) is 4.37 Å². The second-order valence-corrected chi connectivity index (χ2v) is 4.48. The molecule has 0 atom stereocenters. The topological polar surface area (TPSA) is 66.9 Å². The van der Waals surface area contributed by atoms with Crippen LogP contribution in [0.4, 0.5) is 9.93 Å². The molecule has 0 aromatic carbocycles. The number of urea groups is 1. The molecule has 1 aromatic rings. The van der Waals surface area contributed by atoms with Crippen LogP contribution in [-0.4, -0.2) is 21.4 Å². The van der Waals surface area contributed by atoms with Crippen molar-refractivity contribution in [1.82, 2.24) is 14.7 Å². The second kappa shape index (κ2) is 4.57. The number of hydrogen-bond acceptors (Lipinski definition) is 4. The quantitative estimate of drug-likeness (QED) is 0.809. The third-order valence-corrected chi connectivity index (χ3v) is 3.16. The molecule has 0 aliphatic heterocycles. The van der Waals surface area contributed by atoms with Gasteiger partial charge in [0.15, 0.2) is 0 Å². The molecule has 1 aliphatic rings. The first-order valence-electron chi connectivity index (χ1n) is 5.12. The minimum absolute atomic E-state index is 0.168. The van der Waals surface area contributed by atoms with Gasteiger partial charge in [0.1, 0.15) is 5.82 Å². The summed E-state index contributed by atoms with van der Waals surface area (Å²) >= 11 is 1.20. The molecule has 0 saturated heterocycles. The molecule has 5 nitrogen and oxygen atoms in total. The maximum atomic E-state index is 11.5. The maximum absolute atomic E-state index is 11.5. The highest BCUT2D eigenvalue weighted by atomic mass is 32.1. The Labute approximate surface area is 92.5 Å². The Morgan fingerprint density at radius 3 is 2.80 bits per heavy atom. The van der Waals surface area contributed by atoms with E-state index in [4.69, 9.17) is 0 Å². The van der Waals surface area contributed by atoms with Crippen LogP contribution in [0.1, 0.15) is 31.5 Å². The minimum atomic E-state index is -0.168. The number of nitrogens with zero attached hydrogens (tertiary/aromatic N) is 2. The lowest BCUT2D eigenvalue weighted by Gasteiger charge is -2.11. The van der Waals surface area contributed by atoms with Gasteiger partial charge in [-0.15, -0.1) is 0 Å². The molecule has 2 N–H and O–H groups in total. The number of carbonyl (C=O) groups is 1.